The van der Waals surface area contributed by atoms with Crippen LogP contribution in [0, 0.1) is 0 Å². The molecule has 0 aliphatic rings. The summed E-state index contributed by atoms with van der Waals surface area (Å²) in [6.45, 7) is 0.714. The lowest BCUT2D eigenvalue weighted by Gasteiger charge is -2.09. The molecule has 20 heavy (non-hydrogen) atoms. The van der Waals surface area contributed by atoms with Gasteiger partial charge in [-0.1, -0.05) is 48.0 Å². The molecular formula is C16H14ClN3. The van der Waals surface area contributed by atoms with Crippen molar-refractivity contribution in [2.24, 2.45) is 0 Å². The Hall–Kier alpha value is -2.26. The first-order valence-electron chi connectivity index (χ1n) is 6.34. The van der Waals surface area contributed by atoms with Gasteiger partial charge in [-0.25, -0.2) is 4.98 Å². The molecule has 0 saturated carbocycles. The Labute approximate surface area is 122 Å². The zero-order valence-electron chi connectivity index (χ0n) is 10.8. The molecule has 0 aliphatic carbocycles. The molecule has 0 fully saturated rings. The third-order valence-corrected chi connectivity index (χ3v) is 3.51. The fourth-order valence-electron chi connectivity index (χ4n) is 2.17. The Balaban J connectivity index is 1.92. The van der Waals surface area contributed by atoms with Crippen LogP contribution in [0.15, 0.2) is 60.9 Å². The van der Waals surface area contributed by atoms with E-state index in [9.17, 15) is 0 Å². The SMILES string of the molecule is Nc1cc(Cn2ccnc2-c2ccccc2)ccc1Cl. The molecule has 2 aromatic carbocycles. The molecule has 2 N–H and O–H groups in total. The number of nitrogen functional groups attached to an aromatic ring is 1. The van der Waals surface area contributed by atoms with Crippen LogP contribution in [0.4, 0.5) is 5.69 Å². The van der Waals surface area contributed by atoms with Crippen molar-refractivity contribution in [3.63, 3.8) is 0 Å². The molecule has 0 unspecified atom stereocenters. The number of halogens is 1. The van der Waals surface area contributed by atoms with Crippen molar-refractivity contribution >= 4 is 17.3 Å². The lowest BCUT2D eigenvalue weighted by atomic mass is 10.2. The van der Waals surface area contributed by atoms with Gasteiger partial charge in [0.1, 0.15) is 5.82 Å². The monoisotopic (exact) mass is 283 g/mol. The van der Waals surface area contributed by atoms with E-state index in [-0.39, 0.29) is 0 Å². The summed E-state index contributed by atoms with van der Waals surface area (Å²) in [5.74, 6) is 0.944. The number of anilines is 1. The van der Waals surface area contributed by atoms with Gasteiger partial charge in [0.25, 0.3) is 0 Å². The van der Waals surface area contributed by atoms with Crippen LogP contribution in [-0.4, -0.2) is 9.55 Å². The van der Waals surface area contributed by atoms with Crippen LogP contribution in [0.2, 0.25) is 5.02 Å². The number of aromatic nitrogens is 2. The minimum atomic E-state index is 0.586. The predicted octanol–water partition coefficient (Wildman–Crippen LogP) is 3.83. The first-order chi connectivity index (χ1) is 9.74. The number of rotatable bonds is 3. The van der Waals surface area contributed by atoms with Crippen molar-refractivity contribution < 1.29 is 0 Å². The molecule has 0 atom stereocenters. The van der Waals surface area contributed by atoms with Gasteiger partial charge < -0.3 is 10.3 Å². The number of benzene rings is 2. The highest BCUT2D eigenvalue weighted by Crippen LogP contribution is 2.22. The Morgan fingerprint density at radius 3 is 2.65 bits per heavy atom. The average Bonchev–Trinajstić information content (AvgIpc) is 2.92. The van der Waals surface area contributed by atoms with E-state index in [1.165, 1.54) is 0 Å². The van der Waals surface area contributed by atoms with Crippen molar-refractivity contribution in [2.45, 2.75) is 6.54 Å². The zero-order valence-corrected chi connectivity index (χ0v) is 11.6. The number of hydrogen-bond acceptors (Lipinski definition) is 2. The standard InChI is InChI=1S/C16H14ClN3/c17-14-7-6-12(10-15(14)18)11-20-9-8-19-16(20)13-4-2-1-3-5-13/h1-10H,11,18H2. The highest BCUT2D eigenvalue weighted by atomic mass is 35.5. The molecule has 0 amide bonds. The second-order valence-corrected chi connectivity index (χ2v) is 5.01. The minimum Gasteiger partial charge on any atom is -0.398 e. The van der Waals surface area contributed by atoms with E-state index in [4.69, 9.17) is 17.3 Å². The molecule has 0 saturated heterocycles. The molecule has 0 aliphatic heterocycles. The third kappa shape index (κ3) is 2.53. The Bertz CT molecular complexity index is 720. The molecule has 1 heterocycles. The van der Waals surface area contributed by atoms with Crippen molar-refractivity contribution in [1.82, 2.24) is 9.55 Å². The normalized spacial score (nSPS) is 10.7. The van der Waals surface area contributed by atoms with Gasteiger partial charge >= 0.3 is 0 Å². The lowest BCUT2D eigenvalue weighted by Crippen LogP contribution is -2.01. The number of imidazole rings is 1. The summed E-state index contributed by atoms with van der Waals surface area (Å²) < 4.78 is 2.10. The fraction of sp³-hybridized carbons (Fsp3) is 0.0625. The van der Waals surface area contributed by atoms with E-state index in [2.05, 4.69) is 21.7 Å². The van der Waals surface area contributed by atoms with Crippen LogP contribution >= 0.6 is 11.6 Å². The van der Waals surface area contributed by atoms with Crippen molar-refractivity contribution in [3.8, 4) is 11.4 Å². The van der Waals surface area contributed by atoms with Crippen LogP contribution in [0.3, 0.4) is 0 Å². The third-order valence-electron chi connectivity index (χ3n) is 3.16. The molecule has 0 bridgehead atoms. The first-order valence-corrected chi connectivity index (χ1v) is 6.72. The van der Waals surface area contributed by atoms with Gasteiger partial charge in [-0.3, -0.25) is 0 Å². The second-order valence-electron chi connectivity index (χ2n) is 4.60. The largest absolute Gasteiger partial charge is 0.398 e. The first kappa shape index (κ1) is 12.8. The molecule has 3 rings (SSSR count). The highest BCUT2D eigenvalue weighted by Gasteiger charge is 2.06. The van der Waals surface area contributed by atoms with Crippen molar-refractivity contribution in [2.75, 3.05) is 5.73 Å². The summed E-state index contributed by atoms with van der Waals surface area (Å²) in [6.07, 6.45) is 3.77. The quantitative estimate of drug-likeness (QED) is 0.742. The van der Waals surface area contributed by atoms with Gasteiger partial charge in [0.15, 0.2) is 0 Å². The summed E-state index contributed by atoms with van der Waals surface area (Å²) >= 11 is 5.95. The molecule has 4 heteroatoms. The second kappa shape index (κ2) is 5.39. The maximum absolute atomic E-state index is 5.95. The van der Waals surface area contributed by atoms with Gasteiger partial charge in [0.05, 0.1) is 10.7 Å². The molecule has 0 spiro atoms. The number of nitrogens with two attached hydrogens (primary N) is 1. The van der Waals surface area contributed by atoms with Crippen LogP contribution in [-0.2, 0) is 6.54 Å². The number of nitrogens with zero attached hydrogens (tertiary/aromatic N) is 2. The molecule has 3 nitrogen and oxygen atoms in total. The van der Waals surface area contributed by atoms with Crippen molar-refractivity contribution in [1.29, 1.82) is 0 Å². The lowest BCUT2D eigenvalue weighted by molar-refractivity contribution is 0.807. The highest BCUT2D eigenvalue weighted by molar-refractivity contribution is 6.33. The van der Waals surface area contributed by atoms with E-state index in [0.29, 0.717) is 17.3 Å². The van der Waals surface area contributed by atoms with Gasteiger partial charge in [0, 0.05) is 24.5 Å². The van der Waals surface area contributed by atoms with E-state index in [1.807, 2.05) is 48.8 Å². The summed E-state index contributed by atoms with van der Waals surface area (Å²) in [7, 11) is 0. The van der Waals surface area contributed by atoms with E-state index in [1.54, 1.807) is 0 Å². The van der Waals surface area contributed by atoms with Gasteiger partial charge in [0.2, 0.25) is 0 Å². The van der Waals surface area contributed by atoms with Crippen molar-refractivity contribution in [3.05, 3.63) is 71.5 Å². The predicted molar refractivity (Wildman–Crippen MR) is 82.6 cm³/mol. The van der Waals surface area contributed by atoms with Crippen LogP contribution in [0.5, 0.6) is 0 Å². The Morgan fingerprint density at radius 2 is 1.90 bits per heavy atom. The van der Waals surface area contributed by atoms with Gasteiger partial charge in [-0.2, -0.15) is 0 Å². The molecule has 100 valence electrons. The number of hydrogen-bond donors (Lipinski definition) is 1. The van der Waals surface area contributed by atoms with Crippen LogP contribution in [0.25, 0.3) is 11.4 Å². The summed E-state index contributed by atoms with van der Waals surface area (Å²) in [4.78, 5) is 4.43. The maximum atomic E-state index is 5.95. The Kier molecular flexibility index (Phi) is 3.44. The molecule has 3 aromatic rings. The zero-order chi connectivity index (χ0) is 13.9. The van der Waals surface area contributed by atoms with E-state index < -0.39 is 0 Å². The van der Waals surface area contributed by atoms with Gasteiger partial charge in [-0.05, 0) is 17.7 Å². The van der Waals surface area contributed by atoms with Crippen LogP contribution < -0.4 is 5.73 Å². The maximum Gasteiger partial charge on any atom is 0.140 e. The summed E-state index contributed by atoms with van der Waals surface area (Å²) in [5.41, 5.74) is 8.64. The smallest absolute Gasteiger partial charge is 0.140 e. The molecule has 1 aromatic heterocycles. The van der Waals surface area contributed by atoms with Gasteiger partial charge in [-0.15, -0.1) is 0 Å². The topological polar surface area (TPSA) is 43.8 Å². The fourth-order valence-corrected chi connectivity index (χ4v) is 2.29. The minimum absolute atomic E-state index is 0.586. The van der Waals surface area contributed by atoms with Crippen LogP contribution in [0.1, 0.15) is 5.56 Å². The average molecular weight is 284 g/mol. The molecular weight excluding hydrogens is 270 g/mol. The Morgan fingerprint density at radius 1 is 1.10 bits per heavy atom. The molecule has 0 radical (unpaired) electrons. The summed E-state index contributed by atoms with van der Waals surface area (Å²) in [6, 6.07) is 15.8. The summed E-state index contributed by atoms with van der Waals surface area (Å²) in [5, 5.41) is 0.586. The van der Waals surface area contributed by atoms with E-state index in [0.717, 1.165) is 17.0 Å². The van der Waals surface area contributed by atoms with E-state index >= 15 is 0 Å².